The molecule has 4 aliphatic carbocycles. The van der Waals surface area contributed by atoms with E-state index < -0.39 is 18.1 Å². The van der Waals surface area contributed by atoms with E-state index in [0.717, 1.165) is 83.5 Å². The molecule has 1 aliphatic heterocycles. The molecule has 5 fully saturated rings. The molecule has 4 bridgehead atoms. The van der Waals surface area contributed by atoms with E-state index in [9.17, 15) is 19.2 Å². The Balaban J connectivity index is 1.37. The first-order chi connectivity index (χ1) is 21.4. The van der Waals surface area contributed by atoms with Gasteiger partial charge < -0.3 is 26.0 Å². The number of carbonyl (C=O) groups is 4. The van der Waals surface area contributed by atoms with E-state index in [1.807, 2.05) is 0 Å². The smallest absolute Gasteiger partial charge is 0.243 e. The van der Waals surface area contributed by atoms with E-state index in [-0.39, 0.29) is 41.8 Å². The molecule has 1 heterocycles. The number of rotatable bonds is 8. The lowest BCUT2D eigenvalue weighted by Gasteiger charge is -2.37. The molecule has 1 saturated heterocycles. The van der Waals surface area contributed by atoms with Crippen molar-refractivity contribution in [2.24, 2.45) is 23.7 Å². The number of carbonyl (C=O) groups excluding carboxylic acids is 4. The largest absolute Gasteiger partial charge is 0.375 e. The monoisotopic (exact) mass is 614 g/mol. The minimum absolute atomic E-state index is 0.116. The molecule has 248 valence electrons. The third-order valence-electron chi connectivity index (χ3n) is 11.1. The van der Waals surface area contributed by atoms with Crippen LogP contribution in [0.4, 0.5) is 0 Å². The van der Waals surface area contributed by atoms with Crippen molar-refractivity contribution in [1.29, 1.82) is 0 Å². The van der Waals surface area contributed by atoms with Gasteiger partial charge in [-0.1, -0.05) is 64.7 Å². The van der Waals surface area contributed by atoms with Crippen LogP contribution in [-0.4, -0.2) is 60.5 Å². The van der Waals surface area contributed by atoms with E-state index in [0.29, 0.717) is 50.0 Å². The first-order valence-corrected chi connectivity index (χ1v) is 18.2. The first-order valence-electron chi connectivity index (χ1n) is 18.2. The van der Waals surface area contributed by atoms with Crippen LogP contribution >= 0.6 is 0 Å². The molecular weight excluding hydrogens is 556 g/mol. The molecule has 7 atom stereocenters. The standard InChI is InChI=1S/C35H58N4O5/c1-2-32(40)37-31-21-26-11-7-13-28(19-26)44-27-12-6-10-25(18-27)20-30(33(41)36-22-24-14-15-24)39-34(42)29(38-35(31)43)17-16-23-8-4-3-5-9-23/h23-31H,2-22H2,1H3,(H,36,41)(H,37,40)(H,38,43)(H,39,42)/t25?,26?,27?,28?,29-,30-,31-/m0/s1. The number of amides is 4. The van der Waals surface area contributed by atoms with Gasteiger partial charge in [-0.15, -0.1) is 0 Å². The molecule has 4 unspecified atom stereocenters. The van der Waals surface area contributed by atoms with Crippen molar-refractivity contribution in [3.63, 3.8) is 0 Å². The van der Waals surface area contributed by atoms with E-state index >= 15 is 0 Å². The predicted octanol–water partition coefficient (Wildman–Crippen LogP) is 4.67. The number of fused-ring (bicyclic) bond motifs is 4. The van der Waals surface area contributed by atoms with Crippen molar-refractivity contribution in [3.05, 3.63) is 0 Å². The van der Waals surface area contributed by atoms with Gasteiger partial charge in [0.2, 0.25) is 23.6 Å². The van der Waals surface area contributed by atoms with Crippen LogP contribution in [0.5, 0.6) is 0 Å². The average Bonchev–Trinajstić information content (AvgIpc) is 3.86. The highest BCUT2D eigenvalue weighted by molar-refractivity contribution is 5.94. The lowest BCUT2D eigenvalue weighted by Crippen LogP contribution is -2.57. The SMILES string of the molecule is CCC(=O)N[C@H]1CC2CCCC(C2)OC2CCCC(C2)C[C@@H](C(=O)NCC2CC2)NC(=O)[C@H](CCC2CCCCC2)NC1=O. The second kappa shape index (κ2) is 16.4. The van der Waals surface area contributed by atoms with Crippen LogP contribution in [-0.2, 0) is 23.9 Å². The summed E-state index contributed by atoms with van der Waals surface area (Å²) in [7, 11) is 0. The highest BCUT2D eigenvalue weighted by Gasteiger charge is 2.36. The van der Waals surface area contributed by atoms with Crippen LogP contribution < -0.4 is 21.3 Å². The summed E-state index contributed by atoms with van der Waals surface area (Å²) < 4.78 is 6.69. The number of ether oxygens (including phenoxy) is 1. The minimum atomic E-state index is -0.737. The van der Waals surface area contributed by atoms with Crippen LogP contribution in [0.1, 0.15) is 135 Å². The Morgan fingerprint density at radius 3 is 2.07 bits per heavy atom. The lowest BCUT2D eigenvalue weighted by atomic mass is 9.81. The summed E-state index contributed by atoms with van der Waals surface area (Å²) in [5.74, 6) is 0.838. The van der Waals surface area contributed by atoms with E-state index in [1.165, 1.54) is 19.3 Å². The predicted molar refractivity (Wildman–Crippen MR) is 169 cm³/mol. The quantitative estimate of drug-likeness (QED) is 0.316. The van der Waals surface area contributed by atoms with Gasteiger partial charge in [0.1, 0.15) is 18.1 Å². The number of hydrogen-bond donors (Lipinski definition) is 4. The summed E-state index contributed by atoms with van der Waals surface area (Å²) in [6.07, 6.45) is 19.5. The van der Waals surface area contributed by atoms with E-state index in [4.69, 9.17) is 4.74 Å². The van der Waals surface area contributed by atoms with Gasteiger partial charge in [-0.05, 0) is 87.9 Å². The summed E-state index contributed by atoms with van der Waals surface area (Å²) in [6.45, 7) is 2.45. The molecule has 0 spiro atoms. The van der Waals surface area contributed by atoms with Crippen molar-refractivity contribution < 1.29 is 23.9 Å². The van der Waals surface area contributed by atoms with Gasteiger partial charge in [-0.3, -0.25) is 19.2 Å². The summed E-state index contributed by atoms with van der Waals surface area (Å²) in [4.78, 5) is 53.9. The van der Waals surface area contributed by atoms with Crippen LogP contribution in [0.15, 0.2) is 0 Å². The van der Waals surface area contributed by atoms with Crippen LogP contribution in [0.2, 0.25) is 0 Å². The minimum Gasteiger partial charge on any atom is -0.375 e. The second-order valence-electron chi connectivity index (χ2n) is 14.8. The zero-order chi connectivity index (χ0) is 30.9. The van der Waals surface area contributed by atoms with Crippen molar-refractivity contribution in [2.75, 3.05) is 6.54 Å². The highest BCUT2D eigenvalue weighted by atomic mass is 16.5. The van der Waals surface area contributed by atoms with Gasteiger partial charge in [0.05, 0.1) is 12.2 Å². The average molecular weight is 615 g/mol. The Kier molecular flexibility index (Phi) is 12.4. The third-order valence-corrected chi connectivity index (χ3v) is 11.1. The summed E-state index contributed by atoms with van der Waals surface area (Å²) >= 11 is 0. The summed E-state index contributed by atoms with van der Waals surface area (Å²) in [6, 6.07) is -2.07. The first kappa shape index (κ1) is 33.2. The van der Waals surface area contributed by atoms with Gasteiger partial charge in [-0.25, -0.2) is 0 Å². The molecule has 0 aromatic heterocycles. The maximum Gasteiger partial charge on any atom is 0.243 e. The van der Waals surface area contributed by atoms with E-state index in [1.54, 1.807) is 6.92 Å². The molecule has 0 aromatic carbocycles. The number of hydrogen-bond acceptors (Lipinski definition) is 5. The van der Waals surface area contributed by atoms with Crippen LogP contribution in [0.3, 0.4) is 0 Å². The molecular formula is C35H58N4O5. The highest BCUT2D eigenvalue weighted by Crippen LogP contribution is 2.36. The maximum absolute atomic E-state index is 14.0. The van der Waals surface area contributed by atoms with Gasteiger partial charge in [0, 0.05) is 13.0 Å². The molecule has 0 aromatic rings. The van der Waals surface area contributed by atoms with Crippen molar-refractivity contribution >= 4 is 23.6 Å². The Bertz CT molecular complexity index is 980. The van der Waals surface area contributed by atoms with Crippen molar-refractivity contribution in [1.82, 2.24) is 21.3 Å². The Hall–Kier alpha value is -2.16. The third kappa shape index (κ3) is 10.2. The Morgan fingerprint density at radius 2 is 1.41 bits per heavy atom. The van der Waals surface area contributed by atoms with Gasteiger partial charge in [0.25, 0.3) is 0 Å². The van der Waals surface area contributed by atoms with E-state index in [2.05, 4.69) is 21.3 Å². The summed E-state index contributed by atoms with van der Waals surface area (Å²) in [5.41, 5.74) is 0. The van der Waals surface area contributed by atoms with Gasteiger partial charge in [-0.2, -0.15) is 0 Å². The molecule has 9 nitrogen and oxygen atoms in total. The Morgan fingerprint density at radius 1 is 0.727 bits per heavy atom. The molecule has 5 aliphatic rings. The maximum atomic E-state index is 14.0. The fourth-order valence-electron chi connectivity index (χ4n) is 8.24. The van der Waals surface area contributed by atoms with Gasteiger partial charge in [0.15, 0.2) is 0 Å². The normalized spacial score (nSPS) is 34.3. The van der Waals surface area contributed by atoms with Crippen molar-refractivity contribution in [3.8, 4) is 0 Å². The number of nitrogens with one attached hydrogen (secondary N) is 4. The second-order valence-corrected chi connectivity index (χ2v) is 14.8. The van der Waals surface area contributed by atoms with Crippen LogP contribution in [0.25, 0.3) is 0 Å². The Labute approximate surface area is 264 Å². The fourth-order valence-corrected chi connectivity index (χ4v) is 8.24. The molecule has 44 heavy (non-hydrogen) atoms. The zero-order valence-corrected chi connectivity index (χ0v) is 27.1. The fraction of sp³-hybridized carbons (Fsp3) is 0.886. The topological polar surface area (TPSA) is 126 Å². The molecule has 4 N–H and O–H groups in total. The molecule has 5 rings (SSSR count). The molecule has 4 amide bonds. The van der Waals surface area contributed by atoms with Gasteiger partial charge >= 0.3 is 0 Å². The summed E-state index contributed by atoms with van der Waals surface area (Å²) in [5, 5.41) is 12.3. The van der Waals surface area contributed by atoms with Crippen LogP contribution in [0, 0.1) is 23.7 Å². The molecule has 4 saturated carbocycles. The molecule has 9 heteroatoms. The zero-order valence-electron chi connectivity index (χ0n) is 27.1. The molecule has 0 radical (unpaired) electrons. The lowest BCUT2D eigenvalue weighted by molar-refractivity contribution is -0.135. The van der Waals surface area contributed by atoms with Crippen molar-refractivity contribution in [2.45, 2.75) is 166 Å².